The third kappa shape index (κ3) is 5.90. The molecule has 3 aromatic rings. The predicted octanol–water partition coefficient (Wildman–Crippen LogP) is 0.247. The third-order valence-corrected chi connectivity index (χ3v) is 8.53. The van der Waals surface area contributed by atoms with Gasteiger partial charge in [0.25, 0.3) is 27.2 Å². The predicted molar refractivity (Wildman–Crippen MR) is 147 cm³/mol. The van der Waals surface area contributed by atoms with E-state index in [1.807, 2.05) is 6.92 Å². The molecule has 1 saturated heterocycles. The molecule has 2 aliphatic rings. The summed E-state index contributed by atoms with van der Waals surface area (Å²) in [7, 11) is -2.58. The summed E-state index contributed by atoms with van der Waals surface area (Å²) in [6, 6.07) is 11.2. The topological polar surface area (TPSA) is 173 Å². The van der Waals surface area contributed by atoms with Crippen LogP contribution in [0.25, 0.3) is 0 Å². The van der Waals surface area contributed by atoms with Crippen LogP contribution in [-0.4, -0.2) is 53.1 Å². The van der Waals surface area contributed by atoms with E-state index in [1.165, 1.54) is 46.0 Å². The van der Waals surface area contributed by atoms with E-state index in [0.29, 0.717) is 5.69 Å². The van der Waals surface area contributed by atoms with Gasteiger partial charge in [-0.25, -0.2) is 4.68 Å². The Morgan fingerprint density at radius 2 is 1.83 bits per heavy atom. The minimum atomic E-state index is -4.13. The van der Waals surface area contributed by atoms with Crippen molar-refractivity contribution in [3.63, 3.8) is 0 Å². The van der Waals surface area contributed by atoms with E-state index in [-0.39, 0.29) is 51.7 Å². The van der Waals surface area contributed by atoms with Crippen LogP contribution in [0.2, 0.25) is 0 Å². The zero-order chi connectivity index (χ0) is 29.5. The zero-order valence-corrected chi connectivity index (χ0v) is 23.8. The molecule has 15 heteroatoms. The van der Waals surface area contributed by atoms with Gasteiger partial charge in [0.05, 0.1) is 11.3 Å². The van der Waals surface area contributed by atoms with Crippen molar-refractivity contribution in [2.75, 3.05) is 5.32 Å². The van der Waals surface area contributed by atoms with E-state index in [2.05, 4.69) is 15.0 Å². The Kier molecular flexibility index (Phi) is 7.48. The Balaban J connectivity index is 1.41. The first-order valence-electron chi connectivity index (χ1n) is 12.7. The number of sulfonamides is 1. The fourth-order valence-electron chi connectivity index (χ4n) is 4.42. The Morgan fingerprint density at radius 3 is 2.44 bits per heavy atom. The van der Waals surface area contributed by atoms with Crippen LogP contribution in [0.15, 0.2) is 62.3 Å². The molecule has 41 heavy (non-hydrogen) atoms. The SMILES string of the molecule is Cc1ccc(S(=O)(=O)/N=c2\o[n-][n+](C)c2CN2C(=S)N(C3CC3)C(=O)C2CC(=O)Nc2ccc(C(N)=O)cc2)cc1. The molecule has 1 unspecified atom stereocenters. The van der Waals surface area contributed by atoms with Crippen molar-refractivity contribution in [3.8, 4) is 0 Å². The molecule has 1 atom stereocenters. The Morgan fingerprint density at radius 1 is 1.17 bits per heavy atom. The van der Waals surface area contributed by atoms with Crippen LogP contribution in [0, 0.1) is 6.92 Å². The van der Waals surface area contributed by atoms with Gasteiger partial charge in [-0.3, -0.25) is 24.6 Å². The van der Waals surface area contributed by atoms with Crippen molar-refractivity contribution >= 4 is 50.8 Å². The molecule has 1 aliphatic carbocycles. The van der Waals surface area contributed by atoms with E-state index in [0.717, 1.165) is 18.4 Å². The van der Waals surface area contributed by atoms with E-state index < -0.39 is 27.9 Å². The van der Waals surface area contributed by atoms with Gasteiger partial charge in [0, 0.05) is 17.3 Å². The van der Waals surface area contributed by atoms with Gasteiger partial charge in [-0.05, 0) is 68.4 Å². The summed E-state index contributed by atoms with van der Waals surface area (Å²) < 4.78 is 36.4. The molecule has 214 valence electrons. The Hall–Kier alpha value is -4.37. The molecule has 3 amide bonds. The Labute approximate surface area is 240 Å². The molecule has 2 fully saturated rings. The number of amides is 3. The average molecular weight is 598 g/mol. The average Bonchev–Trinajstić information content (AvgIpc) is 3.66. The summed E-state index contributed by atoms with van der Waals surface area (Å²) in [5.41, 5.74) is 6.86. The number of hydrogen-bond donors (Lipinski definition) is 2. The van der Waals surface area contributed by atoms with Crippen molar-refractivity contribution in [2.24, 2.45) is 17.2 Å². The number of primary amides is 1. The van der Waals surface area contributed by atoms with Crippen molar-refractivity contribution in [2.45, 2.75) is 49.7 Å². The number of hydrogen-bond acceptors (Lipinski definition) is 7. The second kappa shape index (κ2) is 10.9. The highest BCUT2D eigenvalue weighted by molar-refractivity contribution is 7.90. The second-order valence-electron chi connectivity index (χ2n) is 9.89. The van der Waals surface area contributed by atoms with Crippen molar-refractivity contribution in [1.82, 2.24) is 15.1 Å². The van der Waals surface area contributed by atoms with Gasteiger partial charge in [-0.15, -0.1) is 4.40 Å². The number of aromatic nitrogens is 2. The number of carbonyl (C=O) groups excluding carboxylic acids is 3. The van der Waals surface area contributed by atoms with E-state index in [9.17, 15) is 22.8 Å². The van der Waals surface area contributed by atoms with E-state index in [4.69, 9.17) is 22.5 Å². The number of anilines is 1. The summed E-state index contributed by atoms with van der Waals surface area (Å²) in [5, 5.41) is 6.78. The van der Waals surface area contributed by atoms with Gasteiger partial charge < -0.3 is 20.5 Å². The lowest BCUT2D eigenvalue weighted by Gasteiger charge is -2.22. The summed E-state index contributed by atoms with van der Waals surface area (Å²) in [6.07, 6.45) is 1.35. The minimum Gasteiger partial charge on any atom is -0.486 e. The lowest BCUT2D eigenvalue weighted by atomic mass is 10.1. The maximum absolute atomic E-state index is 13.5. The highest BCUT2D eigenvalue weighted by Gasteiger charge is 2.49. The second-order valence-corrected chi connectivity index (χ2v) is 11.9. The number of nitrogens with two attached hydrogens (primary N) is 1. The lowest BCUT2D eigenvalue weighted by Crippen LogP contribution is -2.45. The van der Waals surface area contributed by atoms with Gasteiger partial charge in [-0.2, -0.15) is 8.42 Å². The molecule has 0 bridgehead atoms. The van der Waals surface area contributed by atoms with Crippen LogP contribution in [-0.2, 0) is 33.2 Å². The van der Waals surface area contributed by atoms with Crippen LogP contribution in [0.1, 0.15) is 40.9 Å². The van der Waals surface area contributed by atoms with Crippen LogP contribution >= 0.6 is 12.2 Å². The van der Waals surface area contributed by atoms with Gasteiger partial charge in [0.1, 0.15) is 19.6 Å². The zero-order valence-electron chi connectivity index (χ0n) is 22.2. The quantitative estimate of drug-likeness (QED) is 0.259. The fourth-order valence-corrected chi connectivity index (χ4v) is 5.80. The van der Waals surface area contributed by atoms with E-state index >= 15 is 0 Å². The normalized spacial score (nSPS) is 17.8. The molecular weight excluding hydrogens is 570 g/mol. The van der Waals surface area contributed by atoms with Crippen LogP contribution in [0.3, 0.4) is 0 Å². The number of aryl methyl sites for hydroxylation is 2. The molecule has 13 nitrogen and oxygen atoms in total. The molecule has 3 N–H and O–H groups in total. The van der Waals surface area contributed by atoms with Crippen molar-refractivity contribution in [1.29, 1.82) is 0 Å². The number of rotatable bonds is 9. The third-order valence-electron chi connectivity index (χ3n) is 6.82. The first-order valence-corrected chi connectivity index (χ1v) is 14.5. The monoisotopic (exact) mass is 597 g/mol. The summed E-state index contributed by atoms with van der Waals surface area (Å²) in [6.45, 7) is 1.75. The minimum absolute atomic E-state index is 0.0155. The van der Waals surface area contributed by atoms with Gasteiger partial charge in [-0.1, -0.05) is 17.7 Å². The smallest absolute Gasteiger partial charge is 0.289 e. The Bertz CT molecular complexity index is 1710. The highest BCUT2D eigenvalue weighted by Crippen LogP contribution is 2.34. The molecule has 2 heterocycles. The maximum Gasteiger partial charge on any atom is 0.289 e. The highest BCUT2D eigenvalue weighted by atomic mass is 32.2. The standard InChI is InChI=1S/C26H27N7O6S2/c1-15-3-11-19(12-4-15)41(37,38)29-24-21(31(2)30-39-24)14-32-20(25(36)33(26(32)40)18-9-10-18)13-22(34)28-17-7-5-16(6-8-17)23(27)35/h3-8,11-12,18,20H,9-10,13-14H2,1-2H3,(H2,27,35)(H,28,34)/b29-24-. The largest absolute Gasteiger partial charge is 0.486 e. The number of nitrogens with zero attached hydrogens (tertiary/aromatic N) is 5. The van der Waals surface area contributed by atoms with Crippen LogP contribution < -0.4 is 26.6 Å². The summed E-state index contributed by atoms with van der Waals surface area (Å²) in [4.78, 5) is 40.8. The van der Waals surface area contributed by atoms with Crippen LogP contribution in [0.4, 0.5) is 5.69 Å². The molecule has 1 aromatic heterocycles. The first kappa shape index (κ1) is 28.2. The molecule has 1 aliphatic heterocycles. The molecular formula is C26H27N7O6S2. The molecule has 0 spiro atoms. The van der Waals surface area contributed by atoms with Gasteiger partial charge in [0.2, 0.25) is 11.8 Å². The van der Waals surface area contributed by atoms with Crippen molar-refractivity contribution < 1.29 is 32.0 Å². The fraction of sp³-hybridized carbons (Fsp3) is 0.308. The number of benzene rings is 2. The van der Waals surface area contributed by atoms with Crippen molar-refractivity contribution in [3.05, 3.63) is 70.9 Å². The van der Waals surface area contributed by atoms with Gasteiger partial charge >= 0.3 is 0 Å². The summed E-state index contributed by atoms with van der Waals surface area (Å²) in [5.74, 6) is -1.37. The van der Waals surface area contributed by atoms with Gasteiger partial charge in [0.15, 0.2) is 5.11 Å². The van der Waals surface area contributed by atoms with E-state index in [1.54, 1.807) is 24.1 Å². The molecule has 5 rings (SSSR count). The maximum atomic E-state index is 13.5. The lowest BCUT2D eigenvalue weighted by molar-refractivity contribution is -0.752. The van der Waals surface area contributed by atoms with Crippen LogP contribution in [0.5, 0.6) is 0 Å². The molecule has 1 saturated carbocycles. The number of thiocarbonyl (C=S) groups is 1. The number of carbonyl (C=O) groups is 3. The first-order chi connectivity index (χ1) is 19.4. The molecule has 0 radical (unpaired) electrons. The summed E-state index contributed by atoms with van der Waals surface area (Å²) >= 11 is 5.66. The molecule has 2 aromatic carbocycles. The number of nitrogens with one attached hydrogen (secondary N) is 1.